The van der Waals surface area contributed by atoms with Gasteiger partial charge in [-0.25, -0.2) is 0 Å². The molecule has 2 rings (SSSR count). The maximum atomic E-state index is 12.2. The van der Waals surface area contributed by atoms with Crippen molar-refractivity contribution in [2.75, 3.05) is 13.1 Å². The van der Waals surface area contributed by atoms with Crippen LogP contribution in [0.5, 0.6) is 11.5 Å². The zero-order valence-electron chi connectivity index (χ0n) is 12.2. The van der Waals surface area contributed by atoms with Gasteiger partial charge in [-0.3, -0.25) is 19.8 Å². The molecule has 8 heteroatoms. The van der Waals surface area contributed by atoms with E-state index < -0.39 is 22.1 Å². The van der Waals surface area contributed by atoms with Gasteiger partial charge >= 0.3 is 5.69 Å². The highest BCUT2D eigenvalue weighted by atomic mass is 35.5. The maximum Gasteiger partial charge on any atom is 0.315 e. The van der Waals surface area contributed by atoms with E-state index in [1.165, 1.54) is 0 Å². The number of carbonyl (C=O) groups excluding carboxylic acids is 1. The molecule has 2 N–H and O–H groups in total. The summed E-state index contributed by atoms with van der Waals surface area (Å²) in [7, 11) is 0. The Morgan fingerprint density at radius 2 is 2.09 bits per heavy atom. The average Bonchev–Trinajstić information content (AvgIpc) is 2.43. The van der Waals surface area contributed by atoms with Gasteiger partial charge in [0.1, 0.15) is 0 Å². The fraction of sp³-hybridized carbons (Fsp3) is 0.500. The van der Waals surface area contributed by atoms with Crippen LogP contribution in [0, 0.1) is 10.1 Å². The van der Waals surface area contributed by atoms with Gasteiger partial charge in [-0.15, -0.1) is 12.4 Å². The number of likely N-dealkylation sites (tertiary alicyclic amines) is 1. The topological polar surface area (TPSA) is 104 Å². The number of benzene rings is 1. The standard InChI is InChI=1S/C14H18N2O5.ClH/c1-9-4-2-3-5-15(9)8-13(18)10-6-11(16(20)21)14(19)12(17)7-10;/h6-7,9,17,19H,2-5,8H2,1H3;1H. The third kappa shape index (κ3) is 3.86. The van der Waals surface area contributed by atoms with Crippen molar-refractivity contribution in [1.82, 2.24) is 4.90 Å². The summed E-state index contributed by atoms with van der Waals surface area (Å²) in [5.74, 6) is -1.77. The number of nitro benzene ring substituents is 1. The molecule has 0 spiro atoms. The highest BCUT2D eigenvalue weighted by Crippen LogP contribution is 2.36. The van der Waals surface area contributed by atoms with Crippen LogP contribution in [-0.4, -0.2) is 45.0 Å². The van der Waals surface area contributed by atoms with Crippen LogP contribution in [0.25, 0.3) is 0 Å². The quantitative estimate of drug-likeness (QED) is 0.380. The van der Waals surface area contributed by atoms with Crippen LogP contribution in [0.2, 0.25) is 0 Å². The van der Waals surface area contributed by atoms with Crippen molar-refractivity contribution >= 4 is 23.9 Å². The lowest BCUT2D eigenvalue weighted by atomic mass is 10.0. The first-order valence-corrected chi connectivity index (χ1v) is 6.87. The van der Waals surface area contributed by atoms with Crippen LogP contribution < -0.4 is 0 Å². The molecule has 122 valence electrons. The molecule has 1 aliphatic heterocycles. The maximum absolute atomic E-state index is 12.2. The molecule has 0 aromatic heterocycles. The zero-order valence-corrected chi connectivity index (χ0v) is 13.0. The fourth-order valence-corrected chi connectivity index (χ4v) is 2.57. The molecule has 1 aliphatic rings. The summed E-state index contributed by atoms with van der Waals surface area (Å²) in [4.78, 5) is 24.2. The number of rotatable bonds is 4. The van der Waals surface area contributed by atoms with E-state index in [1.54, 1.807) is 0 Å². The summed E-state index contributed by atoms with van der Waals surface area (Å²) < 4.78 is 0. The Kier molecular flexibility index (Phi) is 6.13. The van der Waals surface area contributed by atoms with Crippen LogP contribution in [-0.2, 0) is 0 Å². The van der Waals surface area contributed by atoms with Crippen LogP contribution in [0.4, 0.5) is 5.69 Å². The van der Waals surface area contributed by atoms with Crippen molar-refractivity contribution in [2.24, 2.45) is 0 Å². The molecule has 22 heavy (non-hydrogen) atoms. The zero-order chi connectivity index (χ0) is 15.6. The van der Waals surface area contributed by atoms with Crippen LogP contribution in [0.3, 0.4) is 0 Å². The first-order chi connectivity index (χ1) is 9.90. The lowest BCUT2D eigenvalue weighted by molar-refractivity contribution is -0.386. The Balaban J connectivity index is 0.00000242. The van der Waals surface area contributed by atoms with E-state index in [1.807, 2.05) is 11.8 Å². The molecule has 0 radical (unpaired) electrons. The fourth-order valence-electron chi connectivity index (χ4n) is 2.57. The molecule has 1 aromatic carbocycles. The smallest absolute Gasteiger partial charge is 0.315 e. The normalized spacial score (nSPS) is 18.5. The number of carbonyl (C=O) groups is 1. The number of aromatic hydroxyl groups is 2. The molecule has 1 aromatic rings. The van der Waals surface area contributed by atoms with Gasteiger partial charge in [0, 0.05) is 17.7 Å². The van der Waals surface area contributed by atoms with Gasteiger partial charge in [0.05, 0.1) is 11.5 Å². The van der Waals surface area contributed by atoms with Crippen molar-refractivity contribution in [3.8, 4) is 11.5 Å². The second kappa shape index (κ2) is 7.42. The molecule has 0 bridgehead atoms. The highest BCUT2D eigenvalue weighted by Gasteiger charge is 2.25. The van der Waals surface area contributed by atoms with Gasteiger partial charge in [-0.05, 0) is 32.4 Å². The lowest BCUT2D eigenvalue weighted by Crippen LogP contribution is -2.40. The van der Waals surface area contributed by atoms with Gasteiger partial charge in [0.2, 0.25) is 5.75 Å². The first-order valence-electron chi connectivity index (χ1n) is 6.87. The Bertz CT molecular complexity index is 579. The van der Waals surface area contributed by atoms with E-state index in [4.69, 9.17) is 0 Å². The SMILES string of the molecule is CC1CCCCN1CC(=O)c1cc(O)c(O)c([N+](=O)[O-])c1.Cl. The van der Waals surface area contributed by atoms with Gasteiger partial charge < -0.3 is 10.2 Å². The largest absolute Gasteiger partial charge is 0.504 e. The number of nitro groups is 1. The van der Waals surface area contributed by atoms with E-state index in [-0.39, 0.29) is 30.3 Å². The molecular formula is C14H19ClN2O5. The van der Waals surface area contributed by atoms with Gasteiger partial charge in [-0.1, -0.05) is 6.42 Å². The van der Waals surface area contributed by atoms with Crippen LogP contribution in [0.1, 0.15) is 36.5 Å². The summed E-state index contributed by atoms with van der Waals surface area (Å²) in [6.07, 6.45) is 3.18. The van der Waals surface area contributed by atoms with Crippen molar-refractivity contribution in [2.45, 2.75) is 32.2 Å². The summed E-state index contributed by atoms with van der Waals surface area (Å²) in [6, 6.07) is 2.37. The predicted octanol–water partition coefficient (Wildman–Crippen LogP) is 2.48. The number of Topliss-reactive ketones (excluding diaryl/α,β-unsaturated/α-hetero) is 1. The molecule has 1 fully saturated rings. The molecule has 1 heterocycles. The minimum absolute atomic E-state index is 0. The Morgan fingerprint density at radius 1 is 1.41 bits per heavy atom. The highest BCUT2D eigenvalue weighted by molar-refractivity contribution is 5.99. The van der Waals surface area contributed by atoms with E-state index in [9.17, 15) is 25.1 Å². The Hall–Kier alpha value is -1.86. The third-order valence-corrected chi connectivity index (χ3v) is 3.88. The van der Waals surface area contributed by atoms with E-state index in [0.29, 0.717) is 6.04 Å². The first kappa shape index (κ1) is 18.2. The third-order valence-electron chi connectivity index (χ3n) is 3.88. The summed E-state index contributed by atoms with van der Waals surface area (Å²) >= 11 is 0. The number of hydrogen-bond acceptors (Lipinski definition) is 6. The Morgan fingerprint density at radius 3 is 2.68 bits per heavy atom. The molecule has 1 unspecified atom stereocenters. The minimum atomic E-state index is -0.824. The van der Waals surface area contributed by atoms with E-state index >= 15 is 0 Å². The van der Waals surface area contributed by atoms with E-state index in [0.717, 1.165) is 37.9 Å². The summed E-state index contributed by atoms with van der Waals surface area (Å²) in [6.45, 7) is 3.02. The molecule has 1 saturated heterocycles. The number of piperidine rings is 1. The predicted molar refractivity (Wildman–Crippen MR) is 82.9 cm³/mol. The van der Waals surface area contributed by atoms with Crippen LogP contribution in [0.15, 0.2) is 12.1 Å². The molecule has 1 atom stereocenters. The molecule has 0 amide bonds. The average molecular weight is 331 g/mol. The second-order valence-electron chi connectivity index (χ2n) is 5.36. The van der Waals surface area contributed by atoms with Crippen molar-refractivity contribution in [3.63, 3.8) is 0 Å². The van der Waals surface area contributed by atoms with Crippen molar-refractivity contribution < 1.29 is 19.9 Å². The second-order valence-corrected chi connectivity index (χ2v) is 5.36. The van der Waals surface area contributed by atoms with Gasteiger partial charge in [-0.2, -0.15) is 0 Å². The number of phenols is 2. The minimum Gasteiger partial charge on any atom is -0.504 e. The number of ketones is 1. The van der Waals surface area contributed by atoms with Gasteiger partial charge in [0.15, 0.2) is 11.5 Å². The summed E-state index contributed by atoms with van der Waals surface area (Å²) in [5.41, 5.74) is -0.625. The molecule has 0 saturated carbocycles. The summed E-state index contributed by atoms with van der Waals surface area (Å²) in [5, 5.41) is 29.7. The van der Waals surface area contributed by atoms with E-state index in [2.05, 4.69) is 0 Å². The number of nitrogens with zero attached hydrogens (tertiary/aromatic N) is 2. The van der Waals surface area contributed by atoms with Crippen molar-refractivity contribution in [1.29, 1.82) is 0 Å². The molecular weight excluding hydrogens is 312 g/mol. The number of hydrogen-bond donors (Lipinski definition) is 2. The number of phenolic OH excluding ortho intramolecular Hbond substituents is 2. The van der Waals surface area contributed by atoms with Gasteiger partial charge in [0.25, 0.3) is 0 Å². The van der Waals surface area contributed by atoms with Crippen LogP contribution >= 0.6 is 12.4 Å². The van der Waals surface area contributed by atoms with Crippen molar-refractivity contribution in [3.05, 3.63) is 27.8 Å². The Labute approximate surface area is 134 Å². The molecule has 7 nitrogen and oxygen atoms in total. The number of halogens is 1. The molecule has 0 aliphatic carbocycles. The monoisotopic (exact) mass is 330 g/mol. The lowest BCUT2D eigenvalue weighted by Gasteiger charge is -2.32.